The van der Waals surface area contributed by atoms with Crippen molar-refractivity contribution in [3.05, 3.63) is 23.8 Å². The van der Waals surface area contributed by atoms with Crippen LogP contribution in [-0.2, 0) is 15.2 Å². The largest absolute Gasteiger partial charge is 0.454 e. The fourth-order valence-corrected chi connectivity index (χ4v) is 3.16. The van der Waals surface area contributed by atoms with Crippen molar-refractivity contribution in [2.24, 2.45) is 0 Å². The molecule has 0 spiro atoms. The minimum Gasteiger partial charge on any atom is -0.454 e. The smallest absolute Gasteiger partial charge is 0.309 e. The number of ether oxygens (including phenoxy) is 2. The minimum absolute atomic E-state index is 0.0707. The topological polar surface area (TPSA) is 96.9 Å². The summed E-state index contributed by atoms with van der Waals surface area (Å²) in [6.45, 7) is 1.65. The van der Waals surface area contributed by atoms with Crippen molar-refractivity contribution in [1.82, 2.24) is 10.6 Å². The van der Waals surface area contributed by atoms with Crippen molar-refractivity contribution in [3.63, 3.8) is 0 Å². The van der Waals surface area contributed by atoms with E-state index in [2.05, 4.69) is 10.6 Å². The first-order valence-electron chi connectivity index (χ1n) is 8.67. The molecule has 0 aromatic heterocycles. The SMILES string of the molecule is CC(O)(CNC(=O)C(=O)NC1CCCCC1)c1ccc2c(c1)OCO2. The summed E-state index contributed by atoms with van der Waals surface area (Å²) >= 11 is 0. The molecule has 7 nitrogen and oxygen atoms in total. The van der Waals surface area contributed by atoms with E-state index in [0.29, 0.717) is 17.1 Å². The Morgan fingerprint density at radius 3 is 2.64 bits per heavy atom. The summed E-state index contributed by atoms with van der Waals surface area (Å²) < 4.78 is 10.5. The second-order valence-electron chi connectivity index (χ2n) is 6.83. The Kier molecular flexibility index (Phi) is 5.13. The Morgan fingerprint density at radius 1 is 1.16 bits per heavy atom. The van der Waals surface area contributed by atoms with E-state index < -0.39 is 17.4 Å². The highest BCUT2D eigenvalue weighted by molar-refractivity contribution is 6.35. The van der Waals surface area contributed by atoms with Gasteiger partial charge in [0.15, 0.2) is 11.5 Å². The Hall–Kier alpha value is -2.28. The number of hydrogen-bond donors (Lipinski definition) is 3. The van der Waals surface area contributed by atoms with Crippen LogP contribution in [0.4, 0.5) is 0 Å². The lowest BCUT2D eigenvalue weighted by Gasteiger charge is -2.25. The molecule has 1 aromatic carbocycles. The third-order valence-corrected chi connectivity index (χ3v) is 4.73. The monoisotopic (exact) mass is 348 g/mol. The summed E-state index contributed by atoms with van der Waals surface area (Å²) in [5.41, 5.74) is -0.758. The molecule has 7 heteroatoms. The summed E-state index contributed by atoms with van der Waals surface area (Å²) in [4.78, 5) is 24.0. The number of fused-ring (bicyclic) bond motifs is 1. The third-order valence-electron chi connectivity index (χ3n) is 4.73. The van der Waals surface area contributed by atoms with Gasteiger partial charge in [0.25, 0.3) is 0 Å². The van der Waals surface area contributed by atoms with Gasteiger partial charge < -0.3 is 25.2 Å². The van der Waals surface area contributed by atoms with Gasteiger partial charge in [-0.05, 0) is 37.5 Å². The molecule has 0 saturated heterocycles. The first kappa shape index (κ1) is 17.5. The van der Waals surface area contributed by atoms with Gasteiger partial charge in [0.2, 0.25) is 6.79 Å². The van der Waals surface area contributed by atoms with Crippen LogP contribution in [0, 0.1) is 0 Å². The van der Waals surface area contributed by atoms with E-state index in [4.69, 9.17) is 9.47 Å². The van der Waals surface area contributed by atoms with Crippen molar-refractivity contribution < 1.29 is 24.2 Å². The number of carbonyl (C=O) groups excluding carboxylic acids is 2. The Balaban J connectivity index is 1.54. The average molecular weight is 348 g/mol. The highest BCUT2D eigenvalue weighted by Crippen LogP contribution is 2.35. The van der Waals surface area contributed by atoms with Gasteiger partial charge in [-0.25, -0.2) is 0 Å². The van der Waals surface area contributed by atoms with Crippen LogP contribution in [-0.4, -0.2) is 36.3 Å². The second kappa shape index (κ2) is 7.31. The zero-order valence-electron chi connectivity index (χ0n) is 14.3. The molecule has 2 aliphatic rings. The van der Waals surface area contributed by atoms with E-state index in [1.165, 1.54) is 6.42 Å². The number of amides is 2. The molecule has 1 saturated carbocycles. The van der Waals surface area contributed by atoms with E-state index in [9.17, 15) is 14.7 Å². The minimum atomic E-state index is -1.33. The van der Waals surface area contributed by atoms with Crippen LogP contribution in [0.15, 0.2) is 18.2 Å². The van der Waals surface area contributed by atoms with Crippen LogP contribution in [0.2, 0.25) is 0 Å². The molecule has 1 aliphatic heterocycles. The summed E-state index contributed by atoms with van der Waals surface area (Å²) in [5.74, 6) is -0.199. The fraction of sp³-hybridized carbons (Fsp3) is 0.556. The molecule has 1 heterocycles. The normalized spacial score (nSPS) is 19.1. The van der Waals surface area contributed by atoms with Gasteiger partial charge in [-0.2, -0.15) is 0 Å². The predicted octanol–water partition coefficient (Wildman–Crippen LogP) is 1.19. The Labute approximate surface area is 146 Å². The van der Waals surface area contributed by atoms with Crippen molar-refractivity contribution in [2.45, 2.75) is 50.7 Å². The molecule has 1 aromatic rings. The molecule has 1 aliphatic carbocycles. The molecular formula is C18H24N2O5. The van der Waals surface area contributed by atoms with Gasteiger partial charge in [0, 0.05) is 6.04 Å². The Bertz CT molecular complexity index is 653. The molecule has 1 atom stereocenters. The lowest BCUT2D eigenvalue weighted by Crippen LogP contribution is -2.48. The lowest BCUT2D eigenvalue weighted by molar-refractivity contribution is -0.140. The number of carbonyl (C=O) groups is 2. The van der Waals surface area contributed by atoms with E-state index in [-0.39, 0.29) is 19.4 Å². The van der Waals surface area contributed by atoms with Crippen LogP contribution < -0.4 is 20.1 Å². The van der Waals surface area contributed by atoms with Crippen molar-refractivity contribution in [1.29, 1.82) is 0 Å². The number of aliphatic hydroxyl groups is 1. The van der Waals surface area contributed by atoms with E-state index >= 15 is 0 Å². The highest BCUT2D eigenvalue weighted by Gasteiger charge is 2.28. The quantitative estimate of drug-likeness (QED) is 0.710. The van der Waals surface area contributed by atoms with Crippen LogP contribution in [0.25, 0.3) is 0 Å². The van der Waals surface area contributed by atoms with Crippen LogP contribution in [0.1, 0.15) is 44.6 Å². The molecular weight excluding hydrogens is 324 g/mol. The summed E-state index contributed by atoms with van der Waals surface area (Å²) in [6.07, 6.45) is 5.15. The molecule has 3 rings (SSSR count). The van der Waals surface area contributed by atoms with E-state index in [0.717, 1.165) is 25.7 Å². The average Bonchev–Trinajstić information content (AvgIpc) is 3.08. The lowest BCUT2D eigenvalue weighted by atomic mass is 9.95. The van der Waals surface area contributed by atoms with Gasteiger partial charge in [-0.15, -0.1) is 0 Å². The second-order valence-corrected chi connectivity index (χ2v) is 6.83. The van der Waals surface area contributed by atoms with Gasteiger partial charge in [-0.1, -0.05) is 25.3 Å². The van der Waals surface area contributed by atoms with Gasteiger partial charge in [0.05, 0.1) is 6.54 Å². The Morgan fingerprint density at radius 2 is 1.88 bits per heavy atom. The number of rotatable bonds is 4. The van der Waals surface area contributed by atoms with Crippen molar-refractivity contribution in [3.8, 4) is 11.5 Å². The maximum absolute atomic E-state index is 12.0. The molecule has 0 bridgehead atoms. The van der Waals surface area contributed by atoms with Crippen molar-refractivity contribution >= 4 is 11.8 Å². The summed E-state index contributed by atoms with van der Waals surface area (Å²) in [7, 11) is 0. The molecule has 1 fully saturated rings. The molecule has 1 unspecified atom stereocenters. The maximum Gasteiger partial charge on any atom is 0.309 e. The number of benzene rings is 1. The summed E-state index contributed by atoms with van der Waals surface area (Å²) in [6, 6.07) is 5.17. The molecule has 25 heavy (non-hydrogen) atoms. The molecule has 136 valence electrons. The van der Waals surface area contributed by atoms with Crippen LogP contribution >= 0.6 is 0 Å². The van der Waals surface area contributed by atoms with E-state index in [1.807, 2.05) is 0 Å². The number of nitrogens with one attached hydrogen (secondary N) is 2. The zero-order valence-corrected chi connectivity index (χ0v) is 14.3. The van der Waals surface area contributed by atoms with Gasteiger partial charge >= 0.3 is 11.8 Å². The molecule has 3 N–H and O–H groups in total. The van der Waals surface area contributed by atoms with Crippen molar-refractivity contribution in [2.75, 3.05) is 13.3 Å². The highest BCUT2D eigenvalue weighted by atomic mass is 16.7. The standard InChI is InChI=1S/C18H24N2O5/c1-18(23,12-7-8-14-15(9-12)25-11-24-14)10-19-16(21)17(22)20-13-5-3-2-4-6-13/h7-9,13,23H,2-6,10-11H2,1H3,(H,19,21)(H,20,22). The fourth-order valence-electron chi connectivity index (χ4n) is 3.16. The van der Waals surface area contributed by atoms with Crippen LogP contribution in [0.5, 0.6) is 11.5 Å². The molecule has 0 radical (unpaired) electrons. The first-order valence-corrected chi connectivity index (χ1v) is 8.67. The first-order chi connectivity index (χ1) is 12.0. The third kappa shape index (κ3) is 4.22. The van der Waals surface area contributed by atoms with Gasteiger partial charge in [0.1, 0.15) is 5.60 Å². The maximum atomic E-state index is 12.0. The van der Waals surface area contributed by atoms with E-state index in [1.54, 1.807) is 25.1 Å². The van der Waals surface area contributed by atoms with Gasteiger partial charge in [-0.3, -0.25) is 9.59 Å². The molecule has 2 amide bonds. The predicted molar refractivity (Wildman–Crippen MR) is 90.2 cm³/mol. The van der Waals surface area contributed by atoms with Crippen LogP contribution in [0.3, 0.4) is 0 Å². The zero-order chi connectivity index (χ0) is 17.9. The number of hydrogen-bond acceptors (Lipinski definition) is 5. The summed E-state index contributed by atoms with van der Waals surface area (Å²) in [5, 5.41) is 15.9.